The first-order chi connectivity index (χ1) is 9.74. The highest BCUT2D eigenvalue weighted by atomic mass is 19.1. The van der Waals surface area contributed by atoms with Gasteiger partial charge in [-0.15, -0.1) is 10.2 Å². The monoisotopic (exact) mass is 273 g/mol. The standard InChI is InChI=1S/C14H16FN5/c15-11-3-1-2-4-12(11)19-7-9-20(10-8-19)14-6-5-13(16)17-18-14/h1-6H,7-10H2,(H2,16,17). The van der Waals surface area contributed by atoms with Crippen molar-refractivity contribution in [1.82, 2.24) is 10.2 Å². The van der Waals surface area contributed by atoms with Crippen molar-refractivity contribution in [2.45, 2.75) is 0 Å². The summed E-state index contributed by atoms with van der Waals surface area (Å²) in [6.07, 6.45) is 0. The molecule has 2 aromatic rings. The van der Waals surface area contributed by atoms with Gasteiger partial charge in [-0.3, -0.25) is 0 Å². The number of rotatable bonds is 2. The molecule has 0 unspecified atom stereocenters. The third-order valence-electron chi connectivity index (χ3n) is 3.47. The number of halogens is 1. The van der Waals surface area contributed by atoms with Gasteiger partial charge in [0.25, 0.3) is 0 Å². The highest BCUT2D eigenvalue weighted by Crippen LogP contribution is 2.21. The van der Waals surface area contributed by atoms with Gasteiger partial charge < -0.3 is 15.5 Å². The molecule has 3 rings (SSSR count). The lowest BCUT2D eigenvalue weighted by atomic mass is 10.2. The Hall–Kier alpha value is -2.37. The molecule has 1 aromatic carbocycles. The Balaban J connectivity index is 1.68. The molecule has 1 fully saturated rings. The quantitative estimate of drug-likeness (QED) is 0.899. The van der Waals surface area contributed by atoms with Crippen molar-refractivity contribution in [2.75, 3.05) is 41.7 Å². The Morgan fingerprint density at radius 3 is 2.25 bits per heavy atom. The van der Waals surface area contributed by atoms with Gasteiger partial charge in [0.05, 0.1) is 5.69 Å². The van der Waals surface area contributed by atoms with Gasteiger partial charge in [0.1, 0.15) is 11.6 Å². The molecule has 2 N–H and O–H groups in total. The molecule has 1 aromatic heterocycles. The van der Waals surface area contributed by atoms with Crippen LogP contribution < -0.4 is 15.5 Å². The van der Waals surface area contributed by atoms with E-state index >= 15 is 0 Å². The minimum absolute atomic E-state index is 0.173. The van der Waals surface area contributed by atoms with Crippen molar-refractivity contribution < 1.29 is 4.39 Å². The molecule has 5 nitrogen and oxygen atoms in total. The number of hydrogen-bond acceptors (Lipinski definition) is 5. The maximum atomic E-state index is 13.7. The zero-order chi connectivity index (χ0) is 13.9. The summed E-state index contributed by atoms with van der Waals surface area (Å²) in [6.45, 7) is 3.08. The third-order valence-corrected chi connectivity index (χ3v) is 3.47. The molecule has 0 bridgehead atoms. The van der Waals surface area contributed by atoms with Crippen LogP contribution in [0.1, 0.15) is 0 Å². The van der Waals surface area contributed by atoms with Crippen LogP contribution in [-0.4, -0.2) is 36.4 Å². The Morgan fingerprint density at radius 1 is 0.900 bits per heavy atom. The molecule has 0 radical (unpaired) electrons. The molecule has 1 aliphatic heterocycles. The van der Waals surface area contributed by atoms with E-state index in [4.69, 9.17) is 5.73 Å². The summed E-state index contributed by atoms with van der Waals surface area (Å²) in [4.78, 5) is 4.18. The van der Waals surface area contributed by atoms with Crippen LogP contribution in [0.25, 0.3) is 0 Å². The molecule has 0 saturated carbocycles. The summed E-state index contributed by atoms with van der Waals surface area (Å²) in [6, 6.07) is 10.5. The van der Waals surface area contributed by atoms with Crippen LogP contribution in [0.2, 0.25) is 0 Å². The van der Waals surface area contributed by atoms with E-state index in [0.717, 1.165) is 32.0 Å². The van der Waals surface area contributed by atoms with Gasteiger partial charge in [-0.1, -0.05) is 12.1 Å². The molecule has 0 amide bonds. The summed E-state index contributed by atoms with van der Waals surface area (Å²) >= 11 is 0. The largest absolute Gasteiger partial charge is 0.382 e. The summed E-state index contributed by atoms with van der Waals surface area (Å²) in [5.41, 5.74) is 6.19. The smallest absolute Gasteiger partial charge is 0.151 e. The predicted molar refractivity (Wildman–Crippen MR) is 77.3 cm³/mol. The fourth-order valence-electron chi connectivity index (χ4n) is 2.39. The number of anilines is 3. The average Bonchev–Trinajstić information content (AvgIpc) is 2.49. The zero-order valence-electron chi connectivity index (χ0n) is 11.0. The van der Waals surface area contributed by atoms with Gasteiger partial charge in [0.15, 0.2) is 5.82 Å². The molecule has 1 saturated heterocycles. The number of hydrogen-bond donors (Lipinski definition) is 1. The first-order valence-electron chi connectivity index (χ1n) is 6.58. The third kappa shape index (κ3) is 2.49. The van der Waals surface area contributed by atoms with E-state index in [2.05, 4.69) is 20.0 Å². The first-order valence-corrected chi connectivity index (χ1v) is 6.58. The van der Waals surface area contributed by atoms with Gasteiger partial charge in [-0.05, 0) is 24.3 Å². The SMILES string of the molecule is Nc1ccc(N2CCN(c3ccccc3F)CC2)nn1. The van der Waals surface area contributed by atoms with E-state index in [-0.39, 0.29) is 5.82 Å². The van der Waals surface area contributed by atoms with Crippen molar-refractivity contribution in [1.29, 1.82) is 0 Å². The van der Waals surface area contributed by atoms with Crippen molar-refractivity contribution in [2.24, 2.45) is 0 Å². The van der Waals surface area contributed by atoms with E-state index in [0.29, 0.717) is 11.5 Å². The van der Waals surface area contributed by atoms with Gasteiger partial charge >= 0.3 is 0 Å². The summed E-state index contributed by atoms with van der Waals surface area (Å²) < 4.78 is 13.7. The molecule has 2 heterocycles. The first kappa shape index (κ1) is 12.7. The second kappa shape index (κ2) is 5.32. The molecular weight excluding hydrogens is 257 g/mol. The van der Waals surface area contributed by atoms with Crippen LogP contribution in [0.3, 0.4) is 0 Å². The molecule has 6 heteroatoms. The molecule has 104 valence electrons. The van der Waals surface area contributed by atoms with Crippen LogP contribution in [0.15, 0.2) is 36.4 Å². The van der Waals surface area contributed by atoms with Gasteiger partial charge in [-0.2, -0.15) is 0 Å². The zero-order valence-corrected chi connectivity index (χ0v) is 11.0. The van der Waals surface area contributed by atoms with E-state index in [1.807, 2.05) is 18.2 Å². The van der Waals surface area contributed by atoms with Gasteiger partial charge in [0.2, 0.25) is 0 Å². The number of nitrogen functional groups attached to an aromatic ring is 1. The topological polar surface area (TPSA) is 58.3 Å². The van der Waals surface area contributed by atoms with E-state index in [9.17, 15) is 4.39 Å². The molecule has 20 heavy (non-hydrogen) atoms. The normalized spacial score (nSPS) is 15.4. The lowest BCUT2D eigenvalue weighted by molar-refractivity contribution is 0.595. The maximum absolute atomic E-state index is 13.7. The van der Waals surface area contributed by atoms with E-state index < -0.39 is 0 Å². The molecule has 1 aliphatic rings. The average molecular weight is 273 g/mol. The summed E-state index contributed by atoms with van der Waals surface area (Å²) in [5.74, 6) is 1.05. The summed E-state index contributed by atoms with van der Waals surface area (Å²) in [5, 5.41) is 7.93. The van der Waals surface area contributed by atoms with Crippen LogP contribution >= 0.6 is 0 Å². The summed E-state index contributed by atoms with van der Waals surface area (Å²) in [7, 11) is 0. The van der Waals surface area contributed by atoms with E-state index in [1.165, 1.54) is 6.07 Å². The van der Waals surface area contributed by atoms with E-state index in [1.54, 1.807) is 12.1 Å². The Morgan fingerprint density at radius 2 is 1.60 bits per heavy atom. The van der Waals surface area contributed by atoms with Crippen molar-refractivity contribution >= 4 is 17.3 Å². The molecule has 0 atom stereocenters. The second-order valence-corrected chi connectivity index (χ2v) is 4.74. The molecular formula is C14H16FN5. The fraction of sp³-hybridized carbons (Fsp3) is 0.286. The van der Waals surface area contributed by atoms with Gasteiger partial charge in [-0.25, -0.2) is 4.39 Å². The minimum atomic E-state index is -0.173. The lowest BCUT2D eigenvalue weighted by Crippen LogP contribution is -2.47. The number of benzene rings is 1. The van der Waals surface area contributed by atoms with Gasteiger partial charge in [0, 0.05) is 26.2 Å². The number of nitrogens with zero attached hydrogens (tertiary/aromatic N) is 4. The Kier molecular flexibility index (Phi) is 3.37. The van der Waals surface area contributed by atoms with Crippen LogP contribution in [0, 0.1) is 5.82 Å². The van der Waals surface area contributed by atoms with Crippen LogP contribution in [-0.2, 0) is 0 Å². The highest BCUT2D eigenvalue weighted by molar-refractivity contribution is 5.50. The molecule has 0 aliphatic carbocycles. The van der Waals surface area contributed by atoms with Crippen molar-refractivity contribution in [3.63, 3.8) is 0 Å². The Labute approximate surface area is 116 Å². The second-order valence-electron chi connectivity index (χ2n) is 4.74. The predicted octanol–water partition coefficient (Wildman–Crippen LogP) is 1.52. The molecule has 0 spiro atoms. The minimum Gasteiger partial charge on any atom is -0.382 e. The van der Waals surface area contributed by atoms with Crippen LogP contribution in [0.4, 0.5) is 21.7 Å². The number of aromatic nitrogens is 2. The Bertz CT molecular complexity index is 578. The van der Waals surface area contributed by atoms with Crippen molar-refractivity contribution in [3.8, 4) is 0 Å². The fourth-order valence-corrected chi connectivity index (χ4v) is 2.39. The van der Waals surface area contributed by atoms with Crippen LogP contribution in [0.5, 0.6) is 0 Å². The number of para-hydroxylation sites is 1. The maximum Gasteiger partial charge on any atom is 0.151 e. The highest BCUT2D eigenvalue weighted by Gasteiger charge is 2.20. The lowest BCUT2D eigenvalue weighted by Gasteiger charge is -2.36. The number of piperazine rings is 1. The number of nitrogens with two attached hydrogens (primary N) is 1. The van der Waals surface area contributed by atoms with Crippen molar-refractivity contribution in [3.05, 3.63) is 42.2 Å².